The van der Waals surface area contributed by atoms with Gasteiger partial charge in [-0.05, 0) is 19.9 Å². The summed E-state index contributed by atoms with van der Waals surface area (Å²) in [6, 6.07) is 1.86. The molecule has 6 heteroatoms. The summed E-state index contributed by atoms with van der Waals surface area (Å²) in [7, 11) is 0. The first-order valence-electron chi connectivity index (χ1n) is 4.82. The van der Waals surface area contributed by atoms with Gasteiger partial charge in [0.15, 0.2) is 5.16 Å². The van der Waals surface area contributed by atoms with Crippen molar-refractivity contribution in [2.75, 3.05) is 5.75 Å². The van der Waals surface area contributed by atoms with Crippen molar-refractivity contribution in [1.29, 1.82) is 0 Å². The molecule has 0 aliphatic rings. The molecular weight excluding hydrogens is 228 g/mol. The number of aromatic nitrogens is 2. The second-order valence-electron chi connectivity index (χ2n) is 3.50. The number of carboxylic acid groups (broad SMARTS) is 1. The summed E-state index contributed by atoms with van der Waals surface area (Å²) < 4.78 is 0. The Morgan fingerprint density at radius 2 is 2.00 bits per heavy atom. The van der Waals surface area contributed by atoms with Gasteiger partial charge in [-0.2, -0.15) is 0 Å². The first-order valence-corrected chi connectivity index (χ1v) is 5.81. The fourth-order valence-electron chi connectivity index (χ4n) is 1.19. The van der Waals surface area contributed by atoms with E-state index in [1.807, 2.05) is 19.9 Å². The molecular formula is C10H14N2O3S. The molecule has 0 aliphatic heterocycles. The lowest BCUT2D eigenvalue weighted by Gasteiger charge is -2.07. The van der Waals surface area contributed by atoms with Crippen molar-refractivity contribution in [3.63, 3.8) is 0 Å². The van der Waals surface area contributed by atoms with Crippen molar-refractivity contribution >= 4 is 17.7 Å². The highest BCUT2D eigenvalue weighted by atomic mass is 32.2. The Kier molecular flexibility index (Phi) is 4.70. The number of hydrogen-bond acceptors (Lipinski definition) is 5. The Bertz CT molecular complexity index is 364. The van der Waals surface area contributed by atoms with Crippen molar-refractivity contribution in [3.8, 4) is 0 Å². The number of rotatable bonds is 5. The van der Waals surface area contributed by atoms with Crippen molar-refractivity contribution in [2.45, 2.75) is 31.5 Å². The Balaban J connectivity index is 2.51. The largest absolute Gasteiger partial charge is 0.481 e. The molecule has 2 N–H and O–H groups in total. The van der Waals surface area contributed by atoms with Gasteiger partial charge in [-0.3, -0.25) is 4.79 Å². The lowest BCUT2D eigenvalue weighted by atomic mass is 10.3. The van der Waals surface area contributed by atoms with Crippen molar-refractivity contribution < 1.29 is 15.0 Å². The molecule has 1 heterocycles. The zero-order valence-corrected chi connectivity index (χ0v) is 9.99. The minimum atomic E-state index is -1.01. The van der Waals surface area contributed by atoms with Crippen molar-refractivity contribution in [1.82, 2.24) is 9.97 Å². The molecule has 0 bridgehead atoms. The van der Waals surface area contributed by atoms with Gasteiger partial charge in [0.1, 0.15) is 0 Å². The summed E-state index contributed by atoms with van der Waals surface area (Å²) in [5.74, 6) is -0.718. The van der Waals surface area contributed by atoms with Gasteiger partial charge in [0.25, 0.3) is 0 Å². The molecule has 16 heavy (non-hydrogen) atoms. The molecule has 0 aliphatic carbocycles. The molecule has 0 saturated carbocycles. The van der Waals surface area contributed by atoms with Crippen LogP contribution in [0.3, 0.4) is 0 Å². The van der Waals surface area contributed by atoms with Crippen LogP contribution in [0.15, 0.2) is 11.2 Å². The van der Waals surface area contributed by atoms with E-state index in [4.69, 9.17) is 5.11 Å². The fraction of sp³-hybridized carbons (Fsp3) is 0.500. The molecule has 0 spiro atoms. The highest BCUT2D eigenvalue weighted by Crippen LogP contribution is 2.16. The van der Waals surface area contributed by atoms with Gasteiger partial charge < -0.3 is 10.2 Å². The van der Waals surface area contributed by atoms with Crippen molar-refractivity contribution in [3.05, 3.63) is 17.5 Å². The van der Waals surface area contributed by atoms with Crippen LogP contribution in [0.1, 0.15) is 17.8 Å². The Hall–Kier alpha value is -1.14. The highest BCUT2D eigenvalue weighted by Gasteiger charge is 2.11. The van der Waals surface area contributed by atoms with Gasteiger partial charge >= 0.3 is 5.97 Å². The van der Waals surface area contributed by atoms with E-state index in [0.717, 1.165) is 11.4 Å². The van der Waals surface area contributed by atoms with Gasteiger partial charge in [0, 0.05) is 17.1 Å². The first-order chi connectivity index (χ1) is 7.47. The zero-order chi connectivity index (χ0) is 12.1. The Morgan fingerprint density at radius 1 is 1.44 bits per heavy atom. The van der Waals surface area contributed by atoms with Crippen LogP contribution in [-0.2, 0) is 4.79 Å². The maximum Gasteiger partial charge on any atom is 0.306 e. The molecule has 0 aromatic carbocycles. The molecule has 0 amide bonds. The maximum absolute atomic E-state index is 10.3. The van der Waals surface area contributed by atoms with E-state index in [1.165, 1.54) is 11.8 Å². The molecule has 1 atom stereocenters. The van der Waals surface area contributed by atoms with E-state index in [1.54, 1.807) is 0 Å². The van der Waals surface area contributed by atoms with Crippen LogP contribution in [0.4, 0.5) is 0 Å². The monoisotopic (exact) mass is 242 g/mol. The minimum Gasteiger partial charge on any atom is -0.481 e. The van der Waals surface area contributed by atoms with E-state index in [0.29, 0.717) is 5.16 Å². The minimum absolute atomic E-state index is 0.252. The number of nitrogens with zero attached hydrogens (tertiary/aromatic N) is 2. The van der Waals surface area contributed by atoms with Crippen LogP contribution >= 0.6 is 11.8 Å². The van der Waals surface area contributed by atoms with Gasteiger partial charge in [-0.15, -0.1) is 0 Å². The van der Waals surface area contributed by atoms with Gasteiger partial charge in [-0.1, -0.05) is 11.8 Å². The molecule has 0 radical (unpaired) electrons. The quantitative estimate of drug-likeness (QED) is 0.592. The number of aliphatic hydroxyl groups excluding tert-OH is 1. The maximum atomic E-state index is 10.3. The number of thioether (sulfide) groups is 1. The molecule has 5 nitrogen and oxygen atoms in total. The summed E-state index contributed by atoms with van der Waals surface area (Å²) in [5.41, 5.74) is 1.73. The highest BCUT2D eigenvalue weighted by molar-refractivity contribution is 7.99. The molecule has 1 rings (SSSR count). The van der Waals surface area contributed by atoms with E-state index in [2.05, 4.69) is 9.97 Å². The molecule has 0 fully saturated rings. The SMILES string of the molecule is Cc1cc(C)nc(SCC(O)CC(=O)O)n1. The van der Waals surface area contributed by atoms with Crippen LogP contribution in [0.5, 0.6) is 0 Å². The summed E-state index contributed by atoms with van der Waals surface area (Å²) in [6.45, 7) is 3.73. The van der Waals surface area contributed by atoms with E-state index >= 15 is 0 Å². The topological polar surface area (TPSA) is 83.3 Å². The van der Waals surface area contributed by atoms with E-state index in [-0.39, 0.29) is 12.2 Å². The zero-order valence-electron chi connectivity index (χ0n) is 9.17. The number of aliphatic carboxylic acids is 1. The fourth-order valence-corrected chi connectivity index (χ4v) is 2.07. The number of hydrogen-bond donors (Lipinski definition) is 2. The molecule has 0 saturated heterocycles. The summed E-state index contributed by atoms with van der Waals surface area (Å²) in [4.78, 5) is 18.7. The second kappa shape index (κ2) is 5.81. The smallest absolute Gasteiger partial charge is 0.306 e. The van der Waals surface area contributed by atoms with E-state index < -0.39 is 12.1 Å². The average molecular weight is 242 g/mol. The number of aliphatic hydroxyl groups is 1. The lowest BCUT2D eigenvalue weighted by Crippen LogP contribution is -2.15. The molecule has 88 valence electrons. The van der Waals surface area contributed by atoms with Crippen LogP contribution in [0.2, 0.25) is 0 Å². The average Bonchev–Trinajstić information content (AvgIpc) is 2.12. The van der Waals surface area contributed by atoms with Crippen LogP contribution in [0.25, 0.3) is 0 Å². The predicted octanol–water partition coefficient (Wildman–Crippen LogP) is 1.02. The number of aryl methyl sites for hydroxylation is 2. The summed E-state index contributed by atoms with van der Waals surface area (Å²) in [5, 5.41) is 18.4. The van der Waals surface area contributed by atoms with Gasteiger partial charge in [0.2, 0.25) is 0 Å². The first kappa shape index (κ1) is 12.9. The predicted molar refractivity (Wildman–Crippen MR) is 60.5 cm³/mol. The van der Waals surface area contributed by atoms with Crippen LogP contribution < -0.4 is 0 Å². The van der Waals surface area contributed by atoms with Gasteiger partial charge in [-0.25, -0.2) is 9.97 Å². The second-order valence-corrected chi connectivity index (χ2v) is 4.48. The Labute approximate surface area is 97.9 Å². The van der Waals surface area contributed by atoms with Gasteiger partial charge in [0.05, 0.1) is 12.5 Å². The third kappa shape index (κ3) is 4.59. The molecule has 1 aromatic rings. The third-order valence-corrected chi connectivity index (χ3v) is 2.77. The number of carboxylic acids is 1. The summed E-state index contributed by atoms with van der Waals surface area (Å²) in [6.07, 6.45) is -1.12. The standard InChI is InChI=1S/C10H14N2O3S/c1-6-3-7(2)12-10(11-6)16-5-8(13)4-9(14)15/h3,8,13H,4-5H2,1-2H3,(H,14,15). The number of carbonyl (C=O) groups is 1. The van der Waals surface area contributed by atoms with Crippen LogP contribution in [0, 0.1) is 13.8 Å². The Morgan fingerprint density at radius 3 is 2.50 bits per heavy atom. The summed E-state index contributed by atoms with van der Waals surface area (Å²) >= 11 is 1.26. The van der Waals surface area contributed by atoms with E-state index in [9.17, 15) is 9.90 Å². The van der Waals surface area contributed by atoms with Crippen LogP contribution in [-0.4, -0.2) is 38.0 Å². The van der Waals surface area contributed by atoms with Crippen molar-refractivity contribution in [2.24, 2.45) is 0 Å². The molecule has 1 aromatic heterocycles. The normalized spacial score (nSPS) is 12.4. The molecule has 1 unspecified atom stereocenters. The lowest BCUT2D eigenvalue weighted by molar-refractivity contribution is -0.138. The third-order valence-electron chi connectivity index (χ3n) is 1.78.